The number of hydrogen-bond donors (Lipinski definition) is 3. The third-order valence-corrected chi connectivity index (χ3v) is 5.50. The highest BCUT2D eigenvalue weighted by Gasteiger charge is 2.28. The van der Waals surface area contributed by atoms with Gasteiger partial charge in [-0.2, -0.15) is 5.10 Å². The third kappa shape index (κ3) is 7.15. The molecule has 0 radical (unpaired) electrons. The van der Waals surface area contributed by atoms with E-state index in [0.717, 1.165) is 50.2 Å². The number of aliphatic imine (C=N–C) groups is 1. The third-order valence-electron chi connectivity index (χ3n) is 5.50. The smallest absolute Gasteiger partial charge is 0.223 e. The molecular weight excluding hydrogens is 479 g/mol. The maximum absolute atomic E-state index is 12.4. The summed E-state index contributed by atoms with van der Waals surface area (Å²) in [7, 11) is 3.81. The molecule has 2 rings (SSSR count). The van der Waals surface area contributed by atoms with Crippen molar-refractivity contribution in [3.05, 3.63) is 17.0 Å². The molecule has 0 aliphatic heterocycles. The lowest BCUT2D eigenvalue weighted by atomic mass is 9.85. The molecule has 1 amide bonds. The number of aromatic nitrogens is 2. The molecule has 1 aliphatic carbocycles. The second-order valence-electron chi connectivity index (χ2n) is 8.00. The van der Waals surface area contributed by atoms with Gasteiger partial charge in [-0.1, -0.05) is 20.3 Å². The maximum Gasteiger partial charge on any atom is 0.223 e. The van der Waals surface area contributed by atoms with Gasteiger partial charge in [-0.3, -0.25) is 14.5 Å². The van der Waals surface area contributed by atoms with Gasteiger partial charge in [-0.15, -0.1) is 24.0 Å². The van der Waals surface area contributed by atoms with Gasteiger partial charge in [-0.25, -0.2) is 0 Å². The minimum atomic E-state index is 0. The number of amides is 1. The van der Waals surface area contributed by atoms with Crippen LogP contribution in [0.4, 0.5) is 0 Å². The van der Waals surface area contributed by atoms with Crippen LogP contribution in [0.25, 0.3) is 0 Å². The van der Waals surface area contributed by atoms with Crippen LogP contribution < -0.4 is 16.0 Å². The zero-order valence-corrected chi connectivity index (χ0v) is 21.2. The van der Waals surface area contributed by atoms with Gasteiger partial charge >= 0.3 is 0 Å². The summed E-state index contributed by atoms with van der Waals surface area (Å²) >= 11 is 0. The van der Waals surface area contributed by atoms with Crippen LogP contribution in [0.3, 0.4) is 0 Å². The number of aryl methyl sites for hydroxylation is 2. The summed E-state index contributed by atoms with van der Waals surface area (Å²) < 4.78 is 1.99. The first-order valence-corrected chi connectivity index (χ1v) is 10.7. The maximum atomic E-state index is 12.4. The monoisotopic (exact) mass is 518 g/mol. The summed E-state index contributed by atoms with van der Waals surface area (Å²) in [5, 5.41) is 14.7. The average molecular weight is 518 g/mol. The van der Waals surface area contributed by atoms with Crippen LogP contribution in [-0.4, -0.2) is 40.8 Å². The Bertz CT molecular complexity index is 685. The summed E-state index contributed by atoms with van der Waals surface area (Å²) in [5.41, 5.74) is 3.68. The average Bonchev–Trinajstić information content (AvgIpc) is 2.99. The van der Waals surface area contributed by atoms with E-state index in [1.54, 1.807) is 7.05 Å². The number of rotatable bonds is 7. The molecule has 1 aromatic heterocycles. The van der Waals surface area contributed by atoms with Crippen LogP contribution in [0.5, 0.6) is 0 Å². The molecule has 1 aromatic rings. The first kappa shape index (κ1) is 25.7. The standard InChI is InChI=1S/C21H38N6O.HI/c1-7-18-17(19(8-2)27(6)26-18)13-23-21(22-5)25-16-11-9-10-15(12-16)20(28)24-14(3)4;/h14-16H,7-13H2,1-6H3,(H,24,28)(H2,22,23,25);1H. The summed E-state index contributed by atoms with van der Waals surface area (Å²) in [5.74, 6) is 1.06. The molecule has 1 saturated carbocycles. The summed E-state index contributed by atoms with van der Waals surface area (Å²) in [6, 6.07) is 0.461. The Kier molecular flexibility index (Phi) is 11.0. The summed E-state index contributed by atoms with van der Waals surface area (Å²) in [6.07, 6.45) is 5.84. The van der Waals surface area contributed by atoms with Crippen molar-refractivity contribution in [2.75, 3.05) is 7.05 Å². The van der Waals surface area contributed by atoms with Crippen molar-refractivity contribution in [3.8, 4) is 0 Å². The summed E-state index contributed by atoms with van der Waals surface area (Å²) in [4.78, 5) is 16.8. The van der Waals surface area contributed by atoms with Crippen LogP contribution in [0.1, 0.15) is 70.3 Å². The lowest BCUT2D eigenvalue weighted by Crippen LogP contribution is -2.47. The molecule has 0 bridgehead atoms. The Morgan fingerprint density at radius 1 is 1.28 bits per heavy atom. The first-order chi connectivity index (χ1) is 13.4. The molecule has 0 aromatic carbocycles. The molecule has 1 fully saturated rings. The molecule has 166 valence electrons. The molecule has 1 aliphatic rings. The van der Waals surface area contributed by atoms with Gasteiger partial charge in [0.15, 0.2) is 5.96 Å². The number of guanidine groups is 1. The molecule has 0 spiro atoms. The van der Waals surface area contributed by atoms with Gasteiger partial charge in [0.2, 0.25) is 5.91 Å². The topological polar surface area (TPSA) is 83.3 Å². The van der Waals surface area contributed by atoms with Crippen LogP contribution in [-0.2, 0) is 31.2 Å². The molecule has 7 nitrogen and oxygen atoms in total. The fraction of sp³-hybridized carbons (Fsp3) is 0.762. The highest BCUT2D eigenvalue weighted by Crippen LogP contribution is 2.24. The number of nitrogens with zero attached hydrogens (tertiary/aromatic N) is 3. The minimum absolute atomic E-state index is 0. The van der Waals surface area contributed by atoms with Crippen molar-refractivity contribution in [2.24, 2.45) is 18.0 Å². The lowest BCUT2D eigenvalue weighted by molar-refractivity contribution is -0.126. The fourth-order valence-electron chi connectivity index (χ4n) is 4.12. The molecule has 8 heteroatoms. The van der Waals surface area contributed by atoms with E-state index >= 15 is 0 Å². The minimum Gasteiger partial charge on any atom is -0.354 e. The predicted octanol–water partition coefficient (Wildman–Crippen LogP) is 2.91. The van der Waals surface area contributed by atoms with E-state index in [0.29, 0.717) is 6.54 Å². The number of carbonyl (C=O) groups excluding carboxylic acids is 1. The van der Waals surface area contributed by atoms with Crippen LogP contribution in [0.2, 0.25) is 0 Å². The van der Waals surface area contributed by atoms with Gasteiger partial charge in [0.25, 0.3) is 0 Å². The van der Waals surface area contributed by atoms with Gasteiger partial charge in [0.1, 0.15) is 0 Å². The fourth-order valence-corrected chi connectivity index (χ4v) is 4.12. The van der Waals surface area contributed by atoms with Gasteiger partial charge in [-0.05, 0) is 46.0 Å². The van der Waals surface area contributed by atoms with E-state index in [9.17, 15) is 4.79 Å². The van der Waals surface area contributed by atoms with E-state index in [-0.39, 0.29) is 47.9 Å². The van der Waals surface area contributed by atoms with Crippen molar-refractivity contribution in [2.45, 2.75) is 84.8 Å². The van der Waals surface area contributed by atoms with Crippen molar-refractivity contribution < 1.29 is 4.79 Å². The SMILES string of the molecule is CCc1nn(C)c(CC)c1CNC(=NC)NC1CCCC(C(=O)NC(C)C)C1.I. The quantitative estimate of drug-likeness (QED) is 0.295. The second kappa shape index (κ2) is 12.4. The Morgan fingerprint density at radius 2 is 2.00 bits per heavy atom. The van der Waals surface area contributed by atoms with E-state index in [1.807, 2.05) is 25.6 Å². The zero-order valence-electron chi connectivity index (χ0n) is 18.8. The molecular formula is C21H39IN6O. The number of nitrogens with one attached hydrogen (secondary N) is 3. The van der Waals surface area contributed by atoms with E-state index in [4.69, 9.17) is 0 Å². The Morgan fingerprint density at radius 3 is 2.59 bits per heavy atom. The van der Waals surface area contributed by atoms with Gasteiger partial charge in [0.05, 0.1) is 5.69 Å². The lowest BCUT2D eigenvalue weighted by Gasteiger charge is -2.30. The molecule has 2 atom stereocenters. The van der Waals surface area contributed by atoms with Crippen LogP contribution in [0.15, 0.2) is 4.99 Å². The Hall–Kier alpha value is -1.32. The normalized spacial score (nSPS) is 19.6. The summed E-state index contributed by atoms with van der Waals surface area (Å²) in [6.45, 7) is 9.04. The van der Waals surface area contributed by atoms with Gasteiger partial charge < -0.3 is 16.0 Å². The number of halogens is 1. The van der Waals surface area contributed by atoms with Crippen molar-refractivity contribution in [3.63, 3.8) is 0 Å². The second-order valence-corrected chi connectivity index (χ2v) is 8.00. The highest BCUT2D eigenvalue weighted by molar-refractivity contribution is 14.0. The van der Waals surface area contributed by atoms with Crippen LogP contribution >= 0.6 is 24.0 Å². The molecule has 3 N–H and O–H groups in total. The van der Waals surface area contributed by atoms with Crippen molar-refractivity contribution >= 4 is 35.8 Å². The van der Waals surface area contributed by atoms with E-state index < -0.39 is 0 Å². The highest BCUT2D eigenvalue weighted by atomic mass is 127. The number of carbonyl (C=O) groups is 1. The van der Waals surface area contributed by atoms with Crippen LogP contribution in [0, 0.1) is 5.92 Å². The molecule has 29 heavy (non-hydrogen) atoms. The predicted molar refractivity (Wildman–Crippen MR) is 130 cm³/mol. The molecule has 2 unspecified atom stereocenters. The van der Waals surface area contributed by atoms with E-state index in [1.165, 1.54) is 11.3 Å². The zero-order chi connectivity index (χ0) is 20.7. The van der Waals surface area contributed by atoms with Crippen molar-refractivity contribution in [1.29, 1.82) is 0 Å². The van der Waals surface area contributed by atoms with E-state index in [2.05, 4.69) is 39.9 Å². The van der Waals surface area contributed by atoms with Crippen molar-refractivity contribution in [1.82, 2.24) is 25.7 Å². The van der Waals surface area contributed by atoms with Gasteiger partial charge in [0, 0.05) is 49.9 Å². The largest absolute Gasteiger partial charge is 0.354 e. The first-order valence-electron chi connectivity index (χ1n) is 10.7. The molecule has 0 saturated heterocycles. The Balaban J connectivity index is 0.00000420. The molecule has 1 heterocycles. The number of hydrogen-bond acceptors (Lipinski definition) is 3. The Labute approximate surface area is 192 Å².